The Labute approximate surface area is 240 Å². The van der Waals surface area contributed by atoms with E-state index in [2.05, 4.69) is 28.1 Å². The molecule has 204 valence electrons. The number of piperidine rings is 1. The van der Waals surface area contributed by atoms with Crippen molar-refractivity contribution < 1.29 is 14.7 Å². The smallest absolute Gasteiger partial charge is 0.404 e. The third-order valence-electron chi connectivity index (χ3n) is 7.53. The molecule has 0 unspecified atom stereocenters. The summed E-state index contributed by atoms with van der Waals surface area (Å²) in [6.45, 7) is 1.52. The van der Waals surface area contributed by atoms with Crippen LogP contribution >= 0.6 is 23.2 Å². The molecule has 2 aromatic heterocycles. The van der Waals surface area contributed by atoms with E-state index in [1.54, 1.807) is 11.0 Å². The van der Waals surface area contributed by atoms with Crippen LogP contribution in [0.5, 0.6) is 0 Å². The van der Waals surface area contributed by atoms with Crippen LogP contribution < -0.4 is 5.32 Å². The Morgan fingerprint density at radius 3 is 2.65 bits per heavy atom. The summed E-state index contributed by atoms with van der Waals surface area (Å²) in [5, 5.41) is 13.7. The molecule has 40 heavy (non-hydrogen) atoms. The fourth-order valence-electron chi connectivity index (χ4n) is 5.59. The van der Waals surface area contributed by atoms with E-state index in [1.165, 1.54) is 0 Å². The van der Waals surface area contributed by atoms with Gasteiger partial charge in [0.2, 0.25) is 0 Å². The van der Waals surface area contributed by atoms with Crippen LogP contribution in [0.4, 0.5) is 4.79 Å². The lowest BCUT2D eigenvalue weighted by Gasteiger charge is -2.32. The van der Waals surface area contributed by atoms with E-state index in [4.69, 9.17) is 33.3 Å². The number of amides is 2. The van der Waals surface area contributed by atoms with Crippen LogP contribution in [-0.4, -0.2) is 55.3 Å². The van der Waals surface area contributed by atoms with Crippen molar-refractivity contribution in [2.75, 3.05) is 13.1 Å². The second kappa shape index (κ2) is 10.5. The van der Waals surface area contributed by atoms with E-state index in [1.807, 2.05) is 54.1 Å². The van der Waals surface area contributed by atoms with Gasteiger partial charge in [-0.25, -0.2) is 9.78 Å². The lowest BCUT2D eigenvalue weighted by molar-refractivity contribution is 0.0692. The lowest BCUT2D eigenvalue weighted by atomic mass is 10.0. The Kier molecular flexibility index (Phi) is 6.90. The van der Waals surface area contributed by atoms with Crippen LogP contribution in [0, 0.1) is 0 Å². The number of carboxylic acid groups (broad SMARTS) is 1. The number of para-hydroxylation sites is 1. The van der Waals surface area contributed by atoms with E-state index < -0.39 is 6.09 Å². The fourth-order valence-corrected chi connectivity index (χ4v) is 5.91. The zero-order valence-corrected chi connectivity index (χ0v) is 23.3. The summed E-state index contributed by atoms with van der Waals surface area (Å²) in [5.74, 6) is 0.652. The van der Waals surface area contributed by atoms with Gasteiger partial charge in [0.05, 0.1) is 26.8 Å². The molecule has 1 aliphatic heterocycles. The fraction of sp³-hybridized carbons (Fsp3) is 0.233. The van der Waals surface area contributed by atoms with E-state index in [-0.39, 0.29) is 11.9 Å². The van der Waals surface area contributed by atoms with Crippen molar-refractivity contribution in [2.45, 2.75) is 25.4 Å². The van der Waals surface area contributed by atoms with Gasteiger partial charge in [-0.2, -0.15) is 0 Å². The summed E-state index contributed by atoms with van der Waals surface area (Å²) in [4.78, 5) is 31.1. The van der Waals surface area contributed by atoms with Gasteiger partial charge in [-0.05, 0) is 60.9 Å². The normalized spacial score (nSPS) is 15.6. The summed E-state index contributed by atoms with van der Waals surface area (Å²) < 4.78 is 4.25. The summed E-state index contributed by atoms with van der Waals surface area (Å²) in [5.41, 5.74) is 5.18. The van der Waals surface area contributed by atoms with Crippen LogP contribution in [-0.2, 0) is 13.6 Å². The minimum absolute atomic E-state index is 0.125. The number of aromatic nitrogens is 3. The van der Waals surface area contributed by atoms with Gasteiger partial charge in [-0.15, -0.1) is 0 Å². The number of rotatable bonds is 5. The summed E-state index contributed by atoms with van der Waals surface area (Å²) in [7, 11) is 1.97. The predicted octanol–water partition coefficient (Wildman–Crippen LogP) is 6.42. The third kappa shape index (κ3) is 4.89. The zero-order chi connectivity index (χ0) is 28.0. The molecule has 8 nitrogen and oxygen atoms in total. The second-order valence-electron chi connectivity index (χ2n) is 10.2. The van der Waals surface area contributed by atoms with Crippen molar-refractivity contribution in [2.24, 2.45) is 7.05 Å². The Morgan fingerprint density at radius 2 is 1.85 bits per heavy atom. The van der Waals surface area contributed by atoms with Crippen LogP contribution in [0.25, 0.3) is 33.5 Å². The number of likely N-dealkylation sites (tertiary alicyclic amines) is 1. The standard InChI is InChI=1S/C30H27Cl2N5O3/c1-35-26-11-9-20(29(38)36-12-4-6-21(17-36)33-30(39)40)14-24(26)34-28(35)27-15-19-5-2-3-7-25(19)37(27)16-18-8-10-22(31)23(32)13-18/h2-3,5,7-11,13-15,21,33H,4,6,12,16-17H2,1H3,(H,39,40)/t21-/m1/s1. The van der Waals surface area contributed by atoms with Crippen molar-refractivity contribution >= 4 is 57.1 Å². The van der Waals surface area contributed by atoms with Crippen molar-refractivity contribution in [3.05, 3.63) is 87.9 Å². The van der Waals surface area contributed by atoms with E-state index in [0.29, 0.717) is 40.8 Å². The number of imidazole rings is 1. The van der Waals surface area contributed by atoms with Gasteiger partial charge in [0, 0.05) is 49.2 Å². The van der Waals surface area contributed by atoms with Crippen molar-refractivity contribution in [1.82, 2.24) is 24.3 Å². The molecule has 5 aromatic rings. The highest BCUT2D eigenvalue weighted by Crippen LogP contribution is 2.32. The number of hydrogen-bond acceptors (Lipinski definition) is 3. The second-order valence-corrected chi connectivity index (χ2v) is 11.0. The number of fused-ring (bicyclic) bond motifs is 2. The highest BCUT2D eigenvalue weighted by atomic mass is 35.5. The number of nitrogens with zero attached hydrogens (tertiary/aromatic N) is 4. The Bertz CT molecular complexity index is 1780. The van der Waals surface area contributed by atoms with Gasteiger partial charge in [-0.3, -0.25) is 4.79 Å². The largest absolute Gasteiger partial charge is 0.465 e. The Hall–Kier alpha value is -4.01. The molecule has 1 fully saturated rings. The van der Waals surface area contributed by atoms with Gasteiger partial charge < -0.3 is 24.5 Å². The first-order valence-corrected chi connectivity index (χ1v) is 13.8. The number of aryl methyl sites for hydroxylation is 1. The highest BCUT2D eigenvalue weighted by Gasteiger charge is 2.26. The minimum atomic E-state index is -1.07. The average Bonchev–Trinajstić information content (AvgIpc) is 3.47. The van der Waals surface area contributed by atoms with Gasteiger partial charge in [0.15, 0.2) is 5.82 Å². The van der Waals surface area contributed by atoms with Crippen molar-refractivity contribution in [1.29, 1.82) is 0 Å². The molecule has 6 rings (SSSR count). The predicted molar refractivity (Wildman–Crippen MR) is 157 cm³/mol. The van der Waals surface area contributed by atoms with Crippen LogP contribution in [0.3, 0.4) is 0 Å². The van der Waals surface area contributed by atoms with E-state index in [9.17, 15) is 9.59 Å². The van der Waals surface area contributed by atoms with E-state index in [0.717, 1.165) is 46.3 Å². The van der Waals surface area contributed by atoms with Crippen LogP contribution in [0.15, 0.2) is 66.7 Å². The minimum Gasteiger partial charge on any atom is -0.465 e. The molecule has 3 aromatic carbocycles. The number of hydrogen-bond donors (Lipinski definition) is 2. The molecule has 0 bridgehead atoms. The molecule has 1 saturated heterocycles. The van der Waals surface area contributed by atoms with Crippen LogP contribution in [0.1, 0.15) is 28.8 Å². The molecule has 1 aliphatic rings. The van der Waals surface area contributed by atoms with Gasteiger partial charge in [0.25, 0.3) is 5.91 Å². The van der Waals surface area contributed by atoms with Gasteiger partial charge >= 0.3 is 6.09 Å². The molecule has 3 heterocycles. The first-order chi connectivity index (χ1) is 19.3. The topological polar surface area (TPSA) is 92.4 Å². The number of halogens is 2. The van der Waals surface area contributed by atoms with E-state index >= 15 is 0 Å². The van der Waals surface area contributed by atoms with Gasteiger partial charge in [-0.1, -0.05) is 47.5 Å². The first kappa shape index (κ1) is 26.2. The summed E-state index contributed by atoms with van der Waals surface area (Å²) in [6.07, 6.45) is 0.392. The SMILES string of the molecule is Cn1c(-c2cc3ccccc3n2Cc2ccc(Cl)c(Cl)c2)nc2cc(C(=O)N3CCC[C@@H](NC(=O)O)C3)ccc21. The van der Waals surface area contributed by atoms with Crippen LogP contribution in [0.2, 0.25) is 10.0 Å². The lowest BCUT2D eigenvalue weighted by Crippen LogP contribution is -2.49. The molecule has 10 heteroatoms. The maximum Gasteiger partial charge on any atom is 0.404 e. The molecule has 2 amide bonds. The number of nitrogens with one attached hydrogen (secondary N) is 1. The molecule has 0 radical (unpaired) electrons. The maximum atomic E-state index is 13.4. The number of carbonyl (C=O) groups is 2. The van der Waals surface area contributed by atoms with Crippen molar-refractivity contribution in [3.63, 3.8) is 0 Å². The number of benzene rings is 3. The molecular weight excluding hydrogens is 549 g/mol. The zero-order valence-electron chi connectivity index (χ0n) is 21.8. The molecule has 0 aliphatic carbocycles. The monoisotopic (exact) mass is 575 g/mol. The number of carbonyl (C=O) groups excluding carboxylic acids is 1. The third-order valence-corrected chi connectivity index (χ3v) is 8.27. The summed E-state index contributed by atoms with van der Waals surface area (Å²) >= 11 is 12.5. The maximum absolute atomic E-state index is 13.4. The average molecular weight is 576 g/mol. The Balaban J connectivity index is 1.37. The molecule has 2 N–H and O–H groups in total. The first-order valence-electron chi connectivity index (χ1n) is 13.1. The molecular formula is C30H27Cl2N5O3. The van der Waals surface area contributed by atoms with Crippen molar-refractivity contribution in [3.8, 4) is 11.5 Å². The highest BCUT2D eigenvalue weighted by molar-refractivity contribution is 6.42. The molecule has 0 saturated carbocycles. The summed E-state index contributed by atoms with van der Waals surface area (Å²) in [6, 6.07) is 21.3. The quantitative estimate of drug-likeness (QED) is 0.253. The molecule has 0 spiro atoms. The van der Waals surface area contributed by atoms with Gasteiger partial charge in [0.1, 0.15) is 0 Å². The Morgan fingerprint density at radius 1 is 1.02 bits per heavy atom. The molecule has 1 atom stereocenters.